The fraction of sp³-hybridized carbons (Fsp3) is 0.200. The molecule has 0 radical (unpaired) electrons. The summed E-state index contributed by atoms with van der Waals surface area (Å²) in [5.74, 6) is 0. The van der Waals surface area contributed by atoms with Gasteiger partial charge >= 0.3 is 0 Å². The molecule has 0 spiro atoms. The van der Waals surface area contributed by atoms with Crippen molar-refractivity contribution in [1.29, 1.82) is 0 Å². The van der Waals surface area contributed by atoms with Gasteiger partial charge in [-0.1, -0.05) is 57.3 Å². The van der Waals surface area contributed by atoms with Gasteiger partial charge in [-0.25, -0.2) is 0 Å². The molecule has 1 nitrogen and oxygen atoms in total. The minimum absolute atomic E-state index is 0.270. The van der Waals surface area contributed by atoms with E-state index in [-0.39, 0.29) is 6.04 Å². The van der Waals surface area contributed by atoms with Crippen LogP contribution in [0.3, 0.4) is 0 Å². The van der Waals surface area contributed by atoms with Crippen molar-refractivity contribution in [1.82, 2.24) is 5.32 Å². The van der Waals surface area contributed by atoms with E-state index in [0.717, 1.165) is 16.6 Å². The first-order chi connectivity index (χ1) is 9.06. The van der Waals surface area contributed by atoms with Crippen LogP contribution in [0.1, 0.15) is 24.1 Å². The van der Waals surface area contributed by atoms with Gasteiger partial charge in [0, 0.05) is 17.1 Å². The second kappa shape index (κ2) is 6.76. The Balaban J connectivity index is 2.00. The van der Waals surface area contributed by atoms with Gasteiger partial charge in [-0.2, -0.15) is 0 Å². The third-order valence-electron chi connectivity index (χ3n) is 2.95. The molecule has 2 aromatic rings. The normalized spacial score (nSPS) is 12.4. The summed E-state index contributed by atoms with van der Waals surface area (Å²) in [6, 6.07) is 14.3. The predicted octanol–water partition coefficient (Wildman–Crippen LogP) is 5.61. The summed E-state index contributed by atoms with van der Waals surface area (Å²) >= 11 is 15.4. The first-order valence-corrected chi connectivity index (χ1v) is 7.54. The molecule has 0 bridgehead atoms. The van der Waals surface area contributed by atoms with E-state index in [1.807, 2.05) is 30.3 Å². The standard InChI is InChI=1S/C15H14BrCl2N/c1-10(12-3-2-4-13(16)8-12)19-9-11-5-6-14(17)15(18)7-11/h2-8,10,19H,9H2,1H3/t10-/m1/s1. The largest absolute Gasteiger partial charge is 0.306 e. The molecule has 0 unspecified atom stereocenters. The minimum Gasteiger partial charge on any atom is -0.306 e. The Bertz CT molecular complexity index is 572. The summed E-state index contributed by atoms with van der Waals surface area (Å²) in [7, 11) is 0. The van der Waals surface area contributed by atoms with Crippen LogP contribution in [0.25, 0.3) is 0 Å². The van der Waals surface area contributed by atoms with Gasteiger partial charge in [0.2, 0.25) is 0 Å². The zero-order valence-corrected chi connectivity index (χ0v) is 13.6. The Hall–Kier alpha value is -0.540. The lowest BCUT2D eigenvalue weighted by atomic mass is 10.1. The zero-order chi connectivity index (χ0) is 13.8. The summed E-state index contributed by atoms with van der Waals surface area (Å²) in [6.45, 7) is 2.89. The van der Waals surface area contributed by atoms with E-state index in [4.69, 9.17) is 23.2 Å². The topological polar surface area (TPSA) is 12.0 Å². The van der Waals surface area contributed by atoms with Gasteiger partial charge < -0.3 is 5.32 Å². The average Bonchev–Trinajstić information content (AvgIpc) is 2.40. The van der Waals surface area contributed by atoms with Crippen LogP contribution in [0.15, 0.2) is 46.9 Å². The Kier molecular flexibility index (Phi) is 5.28. The van der Waals surface area contributed by atoms with Gasteiger partial charge in [0.25, 0.3) is 0 Å². The van der Waals surface area contributed by atoms with Crippen molar-refractivity contribution < 1.29 is 0 Å². The number of benzene rings is 2. The minimum atomic E-state index is 0.270. The molecule has 0 fully saturated rings. The van der Waals surface area contributed by atoms with E-state index in [2.05, 4.69) is 40.3 Å². The van der Waals surface area contributed by atoms with Gasteiger partial charge in [-0.3, -0.25) is 0 Å². The van der Waals surface area contributed by atoms with Crippen molar-refractivity contribution in [2.45, 2.75) is 19.5 Å². The highest BCUT2D eigenvalue weighted by atomic mass is 79.9. The van der Waals surface area contributed by atoms with Crippen LogP contribution < -0.4 is 5.32 Å². The van der Waals surface area contributed by atoms with Crippen LogP contribution in [0.2, 0.25) is 10.0 Å². The number of nitrogens with one attached hydrogen (secondary N) is 1. The van der Waals surface area contributed by atoms with Crippen LogP contribution in [0, 0.1) is 0 Å². The quantitative estimate of drug-likeness (QED) is 0.749. The lowest BCUT2D eigenvalue weighted by Crippen LogP contribution is -2.18. The molecule has 19 heavy (non-hydrogen) atoms. The van der Waals surface area contributed by atoms with E-state index in [9.17, 15) is 0 Å². The molecule has 0 aliphatic rings. The van der Waals surface area contributed by atoms with Crippen LogP contribution in [-0.4, -0.2) is 0 Å². The maximum atomic E-state index is 6.00. The number of halogens is 3. The maximum absolute atomic E-state index is 6.00. The summed E-state index contributed by atoms with van der Waals surface area (Å²) in [5, 5.41) is 4.65. The van der Waals surface area contributed by atoms with Crippen LogP contribution in [0.5, 0.6) is 0 Å². The number of hydrogen-bond acceptors (Lipinski definition) is 1. The van der Waals surface area contributed by atoms with E-state index < -0.39 is 0 Å². The van der Waals surface area contributed by atoms with Crippen LogP contribution >= 0.6 is 39.1 Å². The van der Waals surface area contributed by atoms with Crippen molar-refractivity contribution in [3.63, 3.8) is 0 Å². The highest BCUT2D eigenvalue weighted by molar-refractivity contribution is 9.10. The Morgan fingerprint density at radius 3 is 2.58 bits per heavy atom. The summed E-state index contributed by atoms with van der Waals surface area (Å²) in [5.41, 5.74) is 2.37. The molecule has 0 aliphatic heterocycles. The first-order valence-electron chi connectivity index (χ1n) is 5.99. The van der Waals surface area contributed by atoms with Gasteiger partial charge in [-0.05, 0) is 42.3 Å². The fourth-order valence-corrected chi connectivity index (χ4v) is 2.55. The third-order valence-corrected chi connectivity index (χ3v) is 4.18. The number of hydrogen-bond donors (Lipinski definition) is 1. The summed E-state index contributed by atoms with van der Waals surface area (Å²) in [4.78, 5) is 0. The second-order valence-corrected chi connectivity index (χ2v) is 6.14. The lowest BCUT2D eigenvalue weighted by Gasteiger charge is -2.15. The summed E-state index contributed by atoms with van der Waals surface area (Å²) < 4.78 is 1.09. The van der Waals surface area contributed by atoms with Crippen molar-refractivity contribution in [3.8, 4) is 0 Å². The predicted molar refractivity (Wildman–Crippen MR) is 85.9 cm³/mol. The Labute approximate surface area is 132 Å². The number of rotatable bonds is 4. The van der Waals surface area contributed by atoms with Crippen molar-refractivity contribution in [3.05, 3.63) is 68.1 Å². The van der Waals surface area contributed by atoms with E-state index in [0.29, 0.717) is 10.0 Å². The molecule has 1 atom stereocenters. The summed E-state index contributed by atoms with van der Waals surface area (Å²) in [6.07, 6.45) is 0. The van der Waals surface area contributed by atoms with Crippen LogP contribution in [0.4, 0.5) is 0 Å². The fourth-order valence-electron chi connectivity index (χ4n) is 1.81. The van der Waals surface area contributed by atoms with E-state index >= 15 is 0 Å². The molecule has 2 rings (SSSR count). The third kappa shape index (κ3) is 4.22. The molecule has 0 aromatic heterocycles. The zero-order valence-electron chi connectivity index (χ0n) is 10.5. The molecule has 4 heteroatoms. The smallest absolute Gasteiger partial charge is 0.0595 e. The maximum Gasteiger partial charge on any atom is 0.0595 e. The van der Waals surface area contributed by atoms with Crippen molar-refractivity contribution in [2.75, 3.05) is 0 Å². The van der Waals surface area contributed by atoms with Gasteiger partial charge in [-0.15, -0.1) is 0 Å². The van der Waals surface area contributed by atoms with Crippen LogP contribution in [-0.2, 0) is 6.54 Å². The molecule has 0 saturated heterocycles. The molecule has 0 amide bonds. The van der Waals surface area contributed by atoms with Gasteiger partial charge in [0.15, 0.2) is 0 Å². The second-order valence-electron chi connectivity index (χ2n) is 4.41. The molecule has 1 N–H and O–H groups in total. The molecule has 0 saturated carbocycles. The lowest BCUT2D eigenvalue weighted by molar-refractivity contribution is 0.574. The van der Waals surface area contributed by atoms with E-state index in [1.54, 1.807) is 0 Å². The SMILES string of the molecule is C[C@@H](NCc1ccc(Cl)c(Cl)c1)c1cccc(Br)c1. The molecular formula is C15H14BrCl2N. The highest BCUT2D eigenvalue weighted by Gasteiger charge is 2.06. The highest BCUT2D eigenvalue weighted by Crippen LogP contribution is 2.23. The Morgan fingerprint density at radius 1 is 1.11 bits per heavy atom. The molecule has 2 aromatic carbocycles. The molecule has 0 aliphatic carbocycles. The molecule has 100 valence electrons. The van der Waals surface area contributed by atoms with E-state index in [1.165, 1.54) is 5.56 Å². The van der Waals surface area contributed by atoms with Crippen molar-refractivity contribution in [2.24, 2.45) is 0 Å². The molecular weight excluding hydrogens is 345 g/mol. The first kappa shape index (κ1) is 14.9. The molecule has 0 heterocycles. The average molecular weight is 359 g/mol. The van der Waals surface area contributed by atoms with Crippen molar-refractivity contribution >= 4 is 39.1 Å². The van der Waals surface area contributed by atoms with Gasteiger partial charge in [0.05, 0.1) is 10.0 Å². The monoisotopic (exact) mass is 357 g/mol. The Morgan fingerprint density at radius 2 is 1.89 bits per heavy atom. The van der Waals surface area contributed by atoms with Gasteiger partial charge in [0.1, 0.15) is 0 Å².